The van der Waals surface area contributed by atoms with E-state index in [-0.39, 0.29) is 5.54 Å². The van der Waals surface area contributed by atoms with E-state index in [1.807, 2.05) is 0 Å². The first-order valence-electron chi connectivity index (χ1n) is 6.44. The molecular formula is C12H26N2O2S. The first kappa shape index (κ1) is 14.9. The van der Waals surface area contributed by atoms with Crippen molar-refractivity contribution in [3.05, 3.63) is 0 Å². The SMILES string of the molecule is CC(C)(C)S(=O)(=O)NCC1(N)CCCCCC1. The van der Waals surface area contributed by atoms with Crippen molar-refractivity contribution in [2.45, 2.75) is 69.6 Å². The molecular weight excluding hydrogens is 236 g/mol. The first-order valence-corrected chi connectivity index (χ1v) is 7.93. The Hall–Kier alpha value is -0.130. The molecule has 1 aliphatic rings. The monoisotopic (exact) mass is 262 g/mol. The summed E-state index contributed by atoms with van der Waals surface area (Å²) in [5.74, 6) is 0. The molecule has 1 saturated carbocycles. The third kappa shape index (κ3) is 4.23. The van der Waals surface area contributed by atoms with Crippen LogP contribution in [0.3, 0.4) is 0 Å². The van der Waals surface area contributed by atoms with Gasteiger partial charge in [-0.25, -0.2) is 13.1 Å². The van der Waals surface area contributed by atoms with Crippen LogP contribution in [0.2, 0.25) is 0 Å². The lowest BCUT2D eigenvalue weighted by atomic mass is 9.92. The third-order valence-electron chi connectivity index (χ3n) is 3.52. The van der Waals surface area contributed by atoms with Crippen molar-refractivity contribution in [3.8, 4) is 0 Å². The van der Waals surface area contributed by atoms with E-state index in [1.54, 1.807) is 20.8 Å². The van der Waals surface area contributed by atoms with Crippen LogP contribution < -0.4 is 10.5 Å². The fourth-order valence-corrected chi connectivity index (χ4v) is 2.98. The van der Waals surface area contributed by atoms with Crippen molar-refractivity contribution >= 4 is 10.0 Å². The molecule has 0 spiro atoms. The largest absolute Gasteiger partial charge is 0.324 e. The molecule has 0 heterocycles. The van der Waals surface area contributed by atoms with Crippen LogP contribution in [0.15, 0.2) is 0 Å². The quantitative estimate of drug-likeness (QED) is 0.761. The summed E-state index contributed by atoms with van der Waals surface area (Å²) in [6.07, 6.45) is 6.47. The predicted molar refractivity (Wildman–Crippen MR) is 71.3 cm³/mol. The van der Waals surface area contributed by atoms with Crippen molar-refractivity contribution in [3.63, 3.8) is 0 Å². The molecule has 0 aromatic rings. The number of hydrogen-bond acceptors (Lipinski definition) is 3. The standard InChI is InChI=1S/C12H26N2O2S/c1-11(2,3)17(15,16)14-10-12(13)8-6-4-5-7-9-12/h14H,4-10,13H2,1-3H3. The Morgan fingerprint density at radius 2 is 1.59 bits per heavy atom. The van der Waals surface area contributed by atoms with E-state index in [0.29, 0.717) is 6.54 Å². The number of hydrogen-bond donors (Lipinski definition) is 2. The van der Waals surface area contributed by atoms with Crippen LogP contribution in [-0.4, -0.2) is 25.2 Å². The Kier molecular flexibility index (Phi) is 4.60. The van der Waals surface area contributed by atoms with Crippen molar-refractivity contribution in [2.75, 3.05) is 6.54 Å². The van der Waals surface area contributed by atoms with Crippen LogP contribution in [-0.2, 0) is 10.0 Å². The zero-order chi connectivity index (χ0) is 13.2. The van der Waals surface area contributed by atoms with Crippen LogP contribution in [0.1, 0.15) is 59.3 Å². The molecule has 0 radical (unpaired) electrons. The molecule has 0 atom stereocenters. The second kappa shape index (κ2) is 5.24. The molecule has 0 saturated heterocycles. The summed E-state index contributed by atoms with van der Waals surface area (Å²) >= 11 is 0. The fourth-order valence-electron chi connectivity index (χ4n) is 2.06. The smallest absolute Gasteiger partial charge is 0.216 e. The molecule has 5 heteroatoms. The maximum atomic E-state index is 12.0. The molecule has 1 aliphatic carbocycles. The van der Waals surface area contributed by atoms with E-state index < -0.39 is 14.8 Å². The second-order valence-electron chi connectivity index (χ2n) is 6.21. The minimum absolute atomic E-state index is 0.352. The Bertz CT molecular complexity index is 336. The van der Waals surface area contributed by atoms with Crippen LogP contribution in [0.25, 0.3) is 0 Å². The molecule has 17 heavy (non-hydrogen) atoms. The maximum absolute atomic E-state index is 12.0. The predicted octanol–water partition coefficient (Wildman–Crippen LogP) is 1.76. The summed E-state index contributed by atoms with van der Waals surface area (Å²) in [6.45, 7) is 5.47. The topological polar surface area (TPSA) is 72.2 Å². The minimum atomic E-state index is -3.28. The van der Waals surface area contributed by atoms with Crippen LogP contribution >= 0.6 is 0 Å². The highest BCUT2D eigenvalue weighted by Gasteiger charge is 2.33. The number of nitrogens with two attached hydrogens (primary N) is 1. The van der Waals surface area contributed by atoms with E-state index >= 15 is 0 Å². The summed E-state index contributed by atoms with van der Waals surface area (Å²) in [7, 11) is -3.28. The Morgan fingerprint density at radius 1 is 1.12 bits per heavy atom. The molecule has 3 N–H and O–H groups in total. The highest BCUT2D eigenvalue weighted by molar-refractivity contribution is 7.90. The average molecular weight is 262 g/mol. The van der Waals surface area contributed by atoms with Gasteiger partial charge in [0.1, 0.15) is 0 Å². The minimum Gasteiger partial charge on any atom is -0.324 e. The summed E-state index contributed by atoms with van der Waals surface area (Å²) in [6, 6.07) is 0. The van der Waals surface area contributed by atoms with Gasteiger partial charge in [0.2, 0.25) is 10.0 Å². The summed E-state index contributed by atoms with van der Waals surface area (Å²) in [4.78, 5) is 0. The summed E-state index contributed by atoms with van der Waals surface area (Å²) in [5.41, 5.74) is 5.93. The van der Waals surface area contributed by atoms with Gasteiger partial charge in [-0.05, 0) is 33.6 Å². The van der Waals surface area contributed by atoms with Crippen molar-refractivity contribution in [2.24, 2.45) is 5.73 Å². The molecule has 0 aliphatic heterocycles. The Labute approximate surface area is 105 Å². The third-order valence-corrected chi connectivity index (χ3v) is 5.66. The van der Waals surface area contributed by atoms with E-state index in [1.165, 1.54) is 12.8 Å². The highest BCUT2D eigenvalue weighted by atomic mass is 32.2. The fraction of sp³-hybridized carbons (Fsp3) is 1.00. The van der Waals surface area contributed by atoms with Crippen LogP contribution in [0.5, 0.6) is 0 Å². The number of sulfonamides is 1. The van der Waals surface area contributed by atoms with Gasteiger partial charge in [0.05, 0.1) is 4.75 Å². The van der Waals surface area contributed by atoms with E-state index in [9.17, 15) is 8.42 Å². The van der Waals surface area contributed by atoms with Crippen LogP contribution in [0.4, 0.5) is 0 Å². The maximum Gasteiger partial charge on any atom is 0.216 e. The average Bonchev–Trinajstić information content (AvgIpc) is 2.40. The lowest BCUT2D eigenvalue weighted by Gasteiger charge is -2.30. The van der Waals surface area contributed by atoms with Gasteiger partial charge in [-0.15, -0.1) is 0 Å². The van der Waals surface area contributed by atoms with Gasteiger partial charge in [0.15, 0.2) is 0 Å². The van der Waals surface area contributed by atoms with Crippen molar-refractivity contribution < 1.29 is 8.42 Å². The molecule has 0 aromatic carbocycles. The van der Waals surface area contributed by atoms with Gasteiger partial charge < -0.3 is 5.73 Å². The summed E-state index contributed by atoms with van der Waals surface area (Å²) < 4.78 is 25.8. The molecule has 102 valence electrons. The molecule has 0 bridgehead atoms. The molecule has 0 amide bonds. The number of nitrogens with one attached hydrogen (secondary N) is 1. The van der Waals surface area contributed by atoms with Gasteiger partial charge >= 0.3 is 0 Å². The molecule has 0 unspecified atom stereocenters. The normalized spacial score (nSPS) is 22.1. The van der Waals surface area contributed by atoms with E-state index in [4.69, 9.17) is 5.73 Å². The van der Waals surface area contributed by atoms with Crippen molar-refractivity contribution in [1.29, 1.82) is 0 Å². The van der Waals surface area contributed by atoms with Gasteiger partial charge in [-0.2, -0.15) is 0 Å². The van der Waals surface area contributed by atoms with E-state index in [0.717, 1.165) is 25.7 Å². The number of rotatable bonds is 3. The van der Waals surface area contributed by atoms with E-state index in [2.05, 4.69) is 4.72 Å². The molecule has 4 nitrogen and oxygen atoms in total. The zero-order valence-corrected chi connectivity index (χ0v) is 12.1. The van der Waals surface area contributed by atoms with Gasteiger partial charge in [-0.1, -0.05) is 25.7 Å². The highest BCUT2D eigenvalue weighted by Crippen LogP contribution is 2.25. The van der Waals surface area contributed by atoms with Gasteiger partial charge in [0, 0.05) is 12.1 Å². The lowest BCUT2D eigenvalue weighted by Crippen LogP contribution is -2.52. The van der Waals surface area contributed by atoms with Crippen LogP contribution in [0, 0.1) is 0 Å². The lowest BCUT2D eigenvalue weighted by molar-refractivity contribution is 0.367. The first-order chi connectivity index (χ1) is 7.66. The van der Waals surface area contributed by atoms with Crippen molar-refractivity contribution in [1.82, 2.24) is 4.72 Å². The van der Waals surface area contributed by atoms with Gasteiger partial charge in [-0.3, -0.25) is 0 Å². The molecule has 1 rings (SSSR count). The molecule has 1 fully saturated rings. The molecule has 0 aromatic heterocycles. The Balaban J connectivity index is 2.60. The second-order valence-corrected chi connectivity index (χ2v) is 8.73. The Morgan fingerprint density at radius 3 is 2.00 bits per heavy atom. The summed E-state index contributed by atoms with van der Waals surface area (Å²) in [5, 5.41) is 0. The van der Waals surface area contributed by atoms with Gasteiger partial charge in [0.25, 0.3) is 0 Å². The zero-order valence-electron chi connectivity index (χ0n) is 11.3.